The standard InChI is InChI=1S/C14H25NO3/c1-2-17-13(16)14(15)8-6-12(10-14)18-9-7-11-4-3-5-11/h11-12H,2-10,15H2,1H3. The fourth-order valence-corrected chi connectivity index (χ4v) is 2.81. The highest BCUT2D eigenvalue weighted by atomic mass is 16.5. The molecule has 0 aromatic heterocycles. The van der Waals surface area contributed by atoms with Crippen molar-refractivity contribution in [1.29, 1.82) is 0 Å². The second kappa shape index (κ2) is 6.02. The average Bonchev–Trinajstić information content (AvgIpc) is 2.66. The lowest BCUT2D eigenvalue weighted by Gasteiger charge is -2.26. The molecule has 0 saturated heterocycles. The van der Waals surface area contributed by atoms with E-state index in [2.05, 4.69) is 0 Å². The molecule has 104 valence electrons. The highest BCUT2D eigenvalue weighted by Crippen LogP contribution is 2.33. The quantitative estimate of drug-likeness (QED) is 0.737. The third-order valence-corrected chi connectivity index (χ3v) is 4.29. The summed E-state index contributed by atoms with van der Waals surface area (Å²) >= 11 is 0. The van der Waals surface area contributed by atoms with Gasteiger partial charge in [0.25, 0.3) is 0 Å². The molecule has 2 fully saturated rings. The molecule has 0 aromatic rings. The fourth-order valence-electron chi connectivity index (χ4n) is 2.81. The Balaban J connectivity index is 1.68. The Labute approximate surface area is 109 Å². The molecule has 0 aromatic carbocycles. The number of nitrogens with two attached hydrogens (primary N) is 1. The van der Waals surface area contributed by atoms with Crippen LogP contribution in [0.1, 0.15) is 51.9 Å². The van der Waals surface area contributed by atoms with Crippen molar-refractivity contribution in [2.75, 3.05) is 13.2 Å². The van der Waals surface area contributed by atoms with Gasteiger partial charge < -0.3 is 15.2 Å². The van der Waals surface area contributed by atoms with Crippen molar-refractivity contribution in [3.8, 4) is 0 Å². The second-order valence-corrected chi connectivity index (χ2v) is 5.70. The lowest BCUT2D eigenvalue weighted by molar-refractivity contribution is -0.149. The second-order valence-electron chi connectivity index (χ2n) is 5.70. The number of hydrogen-bond donors (Lipinski definition) is 1. The van der Waals surface area contributed by atoms with E-state index in [4.69, 9.17) is 15.2 Å². The predicted octanol–water partition coefficient (Wildman–Crippen LogP) is 2.01. The molecule has 2 atom stereocenters. The Kier molecular flexibility index (Phi) is 4.62. The molecule has 4 heteroatoms. The van der Waals surface area contributed by atoms with Gasteiger partial charge in [-0.05, 0) is 32.1 Å². The normalized spacial score (nSPS) is 32.2. The molecule has 0 heterocycles. The Morgan fingerprint density at radius 1 is 1.39 bits per heavy atom. The van der Waals surface area contributed by atoms with E-state index in [9.17, 15) is 4.79 Å². The van der Waals surface area contributed by atoms with Gasteiger partial charge in [-0.1, -0.05) is 19.3 Å². The van der Waals surface area contributed by atoms with E-state index in [1.807, 2.05) is 6.92 Å². The summed E-state index contributed by atoms with van der Waals surface area (Å²) in [7, 11) is 0. The molecular weight excluding hydrogens is 230 g/mol. The van der Waals surface area contributed by atoms with Crippen molar-refractivity contribution in [2.45, 2.75) is 63.5 Å². The number of carbonyl (C=O) groups is 1. The highest BCUT2D eigenvalue weighted by molar-refractivity contribution is 5.81. The van der Waals surface area contributed by atoms with Gasteiger partial charge in [0.05, 0.1) is 12.7 Å². The lowest BCUT2D eigenvalue weighted by Crippen LogP contribution is -2.47. The van der Waals surface area contributed by atoms with Gasteiger partial charge in [0.1, 0.15) is 5.54 Å². The maximum Gasteiger partial charge on any atom is 0.326 e. The molecule has 2 saturated carbocycles. The van der Waals surface area contributed by atoms with E-state index in [0.29, 0.717) is 19.4 Å². The SMILES string of the molecule is CCOC(=O)C1(N)CCC(OCCC2CCC2)C1. The fraction of sp³-hybridized carbons (Fsp3) is 0.929. The van der Waals surface area contributed by atoms with Gasteiger partial charge in [-0.3, -0.25) is 4.79 Å². The van der Waals surface area contributed by atoms with Crippen LogP contribution in [-0.4, -0.2) is 30.8 Å². The van der Waals surface area contributed by atoms with Crippen molar-refractivity contribution in [3.63, 3.8) is 0 Å². The van der Waals surface area contributed by atoms with Gasteiger partial charge in [0.15, 0.2) is 0 Å². The van der Waals surface area contributed by atoms with Crippen LogP contribution in [0.5, 0.6) is 0 Å². The Morgan fingerprint density at radius 3 is 2.78 bits per heavy atom. The van der Waals surface area contributed by atoms with Crippen LogP contribution < -0.4 is 5.73 Å². The summed E-state index contributed by atoms with van der Waals surface area (Å²) in [5, 5.41) is 0. The zero-order valence-electron chi connectivity index (χ0n) is 11.3. The van der Waals surface area contributed by atoms with Crippen molar-refractivity contribution in [2.24, 2.45) is 11.7 Å². The molecule has 2 aliphatic rings. The first-order chi connectivity index (χ1) is 8.64. The van der Waals surface area contributed by atoms with Gasteiger partial charge in [0.2, 0.25) is 0 Å². The van der Waals surface area contributed by atoms with Gasteiger partial charge in [-0.2, -0.15) is 0 Å². The molecule has 0 spiro atoms. The summed E-state index contributed by atoms with van der Waals surface area (Å²) in [6.07, 6.45) is 7.56. The topological polar surface area (TPSA) is 61.5 Å². The van der Waals surface area contributed by atoms with Crippen LogP contribution in [-0.2, 0) is 14.3 Å². The molecule has 0 radical (unpaired) electrons. The van der Waals surface area contributed by atoms with E-state index < -0.39 is 5.54 Å². The Hall–Kier alpha value is -0.610. The number of ether oxygens (including phenoxy) is 2. The number of rotatable bonds is 6. The van der Waals surface area contributed by atoms with Gasteiger partial charge in [-0.25, -0.2) is 0 Å². The van der Waals surface area contributed by atoms with Crippen LogP contribution in [0, 0.1) is 5.92 Å². The molecule has 2 unspecified atom stereocenters. The van der Waals surface area contributed by atoms with Gasteiger partial charge in [-0.15, -0.1) is 0 Å². The number of carbonyl (C=O) groups excluding carboxylic acids is 1. The first-order valence-electron chi connectivity index (χ1n) is 7.22. The third-order valence-electron chi connectivity index (χ3n) is 4.29. The zero-order valence-corrected chi connectivity index (χ0v) is 11.3. The molecule has 2 rings (SSSR count). The summed E-state index contributed by atoms with van der Waals surface area (Å²) in [5.41, 5.74) is 5.29. The van der Waals surface area contributed by atoms with Crippen LogP contribution in [0.3, 0.4) is 0 Å². The first kappa shape index (κ1) is 13.8. The van der Waals surface area contributed by atoms with Crippen molar-refractivity contribution in [3.05, 3.63) is 0 Å². The molecule has 4 nitrogen and oxygen atoms in total. The third kappa shape index (κ3) is 3.23. The van der Waals surface area contributed by atoms with Crippen molar-refractivity contribution >= 4 is 5.97 Å². The molecular formula is C14H25NO3. The van der Waals surface area contributed by atoms with E-state index in [-0.39, 0.29) is 12.1 Å². The van der Waals surface area contributed by atoms with E-state index in [1.54, 1.807) is 0 Å². The Morgan fingerprint density at radius 2 is 2.17 bits per heavy atom. The molecule has 2 N–H and O–H groups in total. The summed E-state index contributed by atoms with van der Waals surface area (Å²) in [5.74, 6) is 0.606. The van der Waals surface area contributed by atoms with E-state index in [0.717, 1.165) is 25.4 Å². The summed E-state index contributed by atoms with van der Waals surface area (Å²) < 4.78 is 10.9. The molecule has 0 amide bonds. The van der Waals surface area contributed by atoms with E-state index >= 15 is 0 Å². The first-order valence-corrected chi connectivity index (χ1v) is 7.22. The highest BCUT2D eigenvalue weighted by Gasteiger charge is 2.43. The smallest absolute Gasteiger partial charge is 0.326 e. The van der Waals surface area contributed by atoms with Crippen molar-refractivity contribution in [1.82, 2.24) is 0 Å². The average molecular weight is 255 g/mol. The largest absolute Gasteiger partial charge is 0.465 e. The molecule has 0 aliphatic heterocycles. The number of esters is 1. The maximum absolute atomic E-state index is 11.7. The molecule has 18 heavy (non-hydrogen) atoms. The van der Waals surface area contributed by atoms with E-state index in [1.165, 1.54) is 19.3 Å². The minimum atomic E-state index is -0.808. The minimum absolute atomic E-state index is 0.138. The van der Waals surface area contributed by atoms with Gasteiger partial charge in [0, 0.05) is 13.0 Å². The predicted molar refractivity (Wildman–Crippen MR) is 69.1 cm³/mol. The zero-order chi connectivity index (χ0) is 13.0. The summed E-state index contributed by atoms with van der Waals surface area (Å²) in [6.45, 7) is 3.02. The van der Waals surface area contributed by atoms with Crippen LogP contribution in [0.25, 0.3) is 0 Å². The number of hydrogen-bond acceptors (Lipinski definition) is 4. The minimum Gasteiger partial charge on any atom is -0.465 e. The van der Waals surface area contributed by atoms with Gasteiger partial charge >= 0.3 is 5.97 Å². The van der Waals surface area contributed by atoms with Crippen molar-refractivity contribution < 1.29 is 14.3 Å². The summed E-state index contributed by atoms with van der Waals surface area (Å²) in [4.78, 5) is 11.7. The monoisotopic (exact) mass is 255 g/mol. The van der Waals surface area contributed by atoms with Crippen LogP contribution >= 0.6 is 0 Å². The molecule has 0 bridgehead atoms. The lowest BCUT2D eigenvalue weighted by atomic mass is 9.83. The van der Waals surface area contributed by atoms with Crippen LogP contribution in [0.15, 0.2) is 0 Å². The maximum atomic E-state index is 11.7. The summed E-state index contributed by atoms with van der Waals surface area (Å²) in [6, 6.07) is 0. The molecule has 2 aliphatic carbocycles. The van der Waals surface area contributed by atoms with Crippen LogP contribution in [0.4, 0.5) is 0 Å². The Bertz CT molecular complexity index is 291. The van der Waals surface area contributed by atoms with Crippen LogP contribution in [0.2, 0.25) is 0 Å².